The van der Waals surface area contributed by atoms with Crippen molar-refractivity contribution in [1.29, 1.82) is 0 Å². The lowest BCUT2D eigenvalue weighted by Gasteiger charge is -2.15. The van der Waals surface area contributed by atoms with Gasteiger partial charge >= 0.3 is 0 Å². The van der Waals surface area contributed by atoms with Crippen molar-refractivity contribution in [1.82, 2.24) is 34.7 Å². The van der Waals surface area contributed by atoms with Gasteiger partial charge in [-0.3, -0.25) is 19.3 Å². The third-order valence-electron chi connectivity index (χ3n) is 6.55. The first-order valence-corrected chi connectivity index (χ1v) is 12.1. The number of pyridine rings is 1. The summed E-state index contributed by atoms with van der Waals surface area (Å²) in [6, 6.07) is 9.58. The Morgan fingerprint density at radius 1 is 1.19 bits per heavy atom. The number of nitrogens with zero attached hydrogens (tertiary/aromatic N) is 5. The third kappa shape index (κ3) is 3.96. The summed E-state index contributed by atoms with van der Waals surface area (Å²) in [4.78, 5) is 34.2. The lowest BCUT2D eigenvalue weighted by molar-refractivity contribution is 0.0931. The zero-order chi connectivity index (χ0) is 25.6. The number of carbonyl (C=O) groups excluding carboxylic acids is 1. The van der Waals surface area contributed by atoms with E-state index in [9.17, 15) is 9.59 Å². The Balaban J connectivity index is 1.58. The SMILES string of the molecule is CCn1nccc1C(C)NC(=O)c1nn2cc(-c3cnc4cccc(C)c4c3)[nH]c(=O)c2c1C(C)C. The monoisotopic (exact) mass is 483 g/mol. The molecule has 5 rings (SSSR count). The molecule has 0 aliphatic heterocycles. The standard InChI is InChI=1S/C27H29N7O2/c1-6-33-22(10-11-29-33)17(5)30-26(35)24-23(15(2)3)25-27(36)31-21(14-34(25)32-24)18-12-19-16(4)8-7-9-20(19)28-13-18/h7-15,17H,6H2,1-5H3,(H,30,35)(H,31,36). The van der Waals surface area contributed by atoms with Crippen LogP contribution in [0, 0.1) is 6.92 Å². The number of H-pyrrole nitrogens is 1. The summed E-state index contributed by atoms with van der Waals surface area (Å²) in [6.07, 6.45) is 5.20. The Bertz CT molecular complexity index is 1660. The topological polar surface area (TPSA) is 110 Å². The Morgan fingerprint density at radius 2 is 2.00 bits per heavy atom. The molecule has 1 atom stereocenters. The average Bonchev–Trinajstić information content (AvgIpc) is 3.49. The molecular weight excluding hydrogens is 454 g/mol. The van der Waals surface area contributed by atoms with Crippen LogP contribution in [0.1, 0.15) is 67.0 Å². The second kappa shape index (κ2) is 9.07. The van der Waals surface area contributed by atoms with Crippen LogP contribution in [0.2, 0.25) is 0 Å². The van der Waals surface area contributed by atoms with Crippen LogP contribution in [0.3, 0.4) is 0 Å². The van der Waals surface area contributed by atoms with Gasteiger partial charge in [0.2, 0.25) is 0 Å². The number of fused-ring (bicyclic) bond motifs is 2. The van der Waals surface area contributed by atoms with Gasteiger partial charge in [0.15, 0.2) is 5.69 Å². The van der Waals surface area contributed by atoms with Crippen molar-refractivity contribution in [2.45, 2.75) is 53.1 Å². The van der Waals surface area contributed by atoms with Crippen LogP contribution in [0.25, 0.3) is 27.7 Å². The van der Waals surface area contributed by atoms with Gasteiger partial charge in [0.25, 0.3) is 11.5 Å². The highest BCUT2D eigenvalue weighted by molar-refractivity contribution is 5.96. The Labute approximate surface area is 208 Å². The van der Waals surface area contributed by atoms with E-state index in [2.05, 4.69) is 25.5 Å². The zero-order valence-corrected chi connectivity index (χ0v) is 21.0. The molecule has 9 nitrogen and oxygen atoms in total. The number of rotatable bonds is 6. The van der Waals surface area contributed by atoms with Gasteiger partial charge in [-0.15, -0.1) is 0 Å². The van der Waals surface area contributed by atoms with E-state index in [1.54, 1.807) is 18.6 Å². The molecule has 1 unspecified atom stereocenters. The van der Waals surface area contributed by atoms with Crippen LogP contribution in [0.4, 0.5) is 0 Å². The summed E-state index contributed by atoms with van der Waals surface area (Å²) in [6.45, 7) is 10.5. The van der Waals surface area contributed by atoms with Crippen LogP contribution in [-0.4, -0.2) is 35.3 Å². The second-order valence-electron chi connectivity index (χ2n) is 9.34. The maximum Gasteiger partial charge on any atom is 0.274 e. The number of amides is 1. The maximum atomic E-state index is 13.4. The lowest BCUT2D eigenvalue weighted by atomic mass is 10.0. The van der Waals surface area contributed by atoms with Gasteiger partial charge < -0.3 is 10.3 Å². The zero-order valence-electron chi connectivity index (χ0n) is 21.0. The van der Waals surface area contributed by atoms with Gasteiger partial charge in [0.1, 0.15) is 5.52 Å². The molecular formula is C27H29N7O2. The number of hydrogen-bond donors (Lipinski definition) is 2. The minimum Gasteiger partial charge on any atom is -0.343 e. The van der Waals surface area contributed by atoms with E-state index in [0.29, 0.717) is 23.3 Å². The molecule has 1 aromatic carbocycles. The summed E-state index contributed by atoms with van der Waals surface area (Å²) in [5.41, 5.74) is 5.17. The molecule has 0 bridgehead atoms. The van der Waals surface area contributed by atoms with E-state index in [-0.39, 0.29) is 29.1 Å². The van der Waals surface area contributed by atoms with Gasteiger partial charge in [-0.05, 0) is 50.5 Å². The first-order chi connectivity index (χ1) is 17.3. The van der Waals surface area contributed by atoms with E-state index in [4.69, 9.17) is 0 Å². The molecule has 5 aromatic rings. The minimum atomic E-state index is -0.331. The summed E-state index contributed by atoms with van der Waals surface area (Å²) in [5.74, 6) is -0.417. The van der Waals surface area contributed by atoms with E-state index >= 15 is 0 Å². The van der Waals surface area contributed by atoms with Crippen molar-refractivity contribution < 1.29 is 4.79 Å². The molecule has 0 aliphatic carbocycles. The molecule has 0 fully saturated rings. The van der Waals surface area contributed by atoms with Crippen molar-refractivity contribution >= 4 is 22.3 Å². The average molecular weight is 484 g/mol. The Kier molecular flexibility index (Phi) is 5.91. The quantitative estimate of drug-likeness (QED) is 0.373. The van der Waals surface area contributed by atoms with Gasteiger partial charge in [-0.1, -0.05) is 26.0 Å². The fourth-order valence-electron chi connectivity index (χ4n) is 4.72. The van der Waals surface area contributed by atoms with E-state index < -0.39 is 0 Å². The predicted octanol–water partition coefficient (Wildman–Crippen LogP) is 4.38. The number of aromatic nitrogens is 6. The van der Waals surface area contributed by atoms with E-state index in [1.165, 1.54) is 4.52 Å². The van der Waals surface area contributed by atoms with Crippen molar-refractivity contribution in [2.75, 3.05) is 0 Å². The van der Waals surface area contributed by atoms with Crippen LogP contribution >= 0.6 is 0 Å². The lowest BCUT2D eigenvalue weighted by Crippen LogP contribution is -2.29. The minimum absolute atomic E-state index is 0.0864. The normalized spacial score (nSPS) is 12.5. The molecule has 4 aromatic heterocycles. The molecule has 2 N–H and O–H groups in total. The van der Waals surface area contributed by atoms with Crippen molar-refractivity contribution in [3.63, 3.8) is 0 Å². The number of nitrogens with one attached hydrogen (secondary N) is 2. The molecule has 0 saturated carbocycles. The number of aryl methyl sites for hydroxylation is 2. The highest BCUT2D eigenvalue weighted by atomic mass is 16.2. The molecule has 0 radical (unpaired) electrons. The Hall–Kier alpha value is -4.27. The number of hydrogen-bond acceptors (Lipinski definition) is 5. The van der Waals surface area contributed by atoms with Gasteiger partial charge in [-0.2, -0.15) is 10.2 Å². The largest absolute Gasteiger partial charge is 0.343 e. The van der Waals surface area contributed by atoms with Crippen LogP contribution in [0.15, 0.2) is 53.7 Å². The maximum absolute atomic E-state index is 13.4. The highest BCUT2D eigenvalue weighted by Crippen LogP contribution is 2.27. The first kappa shape index (κ1) is 23.5. The van der Waals surface area contributed by atoms with Gasteiger partial charge in [-0.25, -0.2) is 4.52 Å². The molecule has 0 aliphatic rings. The second-order valence-corrected chi connectivity index (χ2v) is 9.34. The molecule has 1 amide bonds. The first-order valence-electron chi connectivity index (χ1n) is 12.1. The highest BCUT2D eigenvalue weighted by Gasteiger charge is 2.26. The van der Waals surface area contributed by atoms with Crippen LogP contribution in [0.5, 0.6) is 0 Å². The number of benzene rings is 1. The van der Waals surface area contributed by atoms with Crippen molar-refractivity contribution in [2.24, 2.45) is 0 Å². The summed E-state index contributed by atoms with van der Waals surface area (Å²) >= 11 is 0. The van der Waals surface area contributed by atoms with Crippen LogP contribution < -0.4 is 10.9 Å². The van der Waals surface area contributed by atoms with E-state index in [1.807, 2.05) is 69.6 Å². The molecule has 0 saturated heterocycles. The Morgan fingerprint density at radius 3 is 2.75 bits per heavy atom. The fourth-order valence-corrected chi connectivity index (χ4v) is 4.72. The molecule has 0 spiro atoms. The smallest absolute Gasteiger partial charge is 0.274 e. The van der Waals surface area contributed by atoms with E-state index in [0.717, 1.165) is 27.7 Å². The predicted molar refractivity (Wildman–Crippen MR) is 139 cm³/mol. The van der Waals surface area contributed by atoms with Crippen molar-refractivity contribution in [3.8, 4) is 11.3 Å². The van der Waals surface area contributed by atoms with Gasteiger partial charge in [0, 0.05) is 35.5 Å². The summed E-state index contributed by atoms with van der Waals surface area (Å²) in [7, 11) is 0. The van der Waals surface area contributed by atoms with Gasteiger partial charge in [0.05, 0.1) is 29.1 Å². The number of aromatic amines is 1. The summed E-state index contributed by atoms with van der Waals surface area (Å²) < 4.78 is 3.36. The molecule has 184 valence electrons. The van der Waals surface area contributed by atoms with Crippen LogP contribution in [-0.2, 0) is 6.54 Å². The third-order valence-corrected chi connectivity index (χ3v) is 6.55. The molecule has 4 heterocycles. The number of carbonyl (C=O) groups is 1. The van der Waals surface area contributed by atoms with Crippen molar-refractivity contribution in [3.05, 3.63) is 81.8 Å². The molecule has 36 heavy (non-hydrogen) atoms. The summed E-state index contributed by atoms with van der Waals surface area (Å²) in [5, 5.41) is 12.9. The molecule has 9 heteroatoms. The fraction of sp³-hybridized carbons (Fsp3) is 0.296.